The molecule has 0 aliphatic carbocycles. The Morgan fingerprint density at radius 2 is 1.49 bits per heavy atom. The molecule has 1 saturated heterocycles. The zero-order valence-corrected chi connectivity index (χ0v) is 19.4. The van der Waals surface area contributed by atoms with E-state index in [-0.39, 0.29) is 16.8 Å². The molecule has 1 heterocycles. The van der Waals surface area contributed by atoms with E-state index in [9.17, 15) is 27.9 Å². The number of amides is 1. The second-order valence-electron chi connectivity index (χ2n) is 8.21. The van der Waals surface area contributed by atoms with Crippen molar-refractivity contribution in [3.05, 3.63) is 100 Å². The number of carbonyl (C=O) groups is 2. The van der Waals surface area contributed by atoms with Crippen LogP contribution >= 0.6 is 11.6 Å². The van der Waals surface area contributed by atoms with E-state index in [2.05, 4.69) is 0 Å². The van der Waals surface area contributed by atoms with Gasteiger partial charge in [-0.25, -0.2) is 0 Å². The highest BCUT2D eigenvalue weighted by Gasteiger charge is 2.47. The molecule has 0 aromatic heterocycles. The van der Waals surface area contributed by atoms with Gasteiger partial charge in [-0.05, 0) is 66.2 Å². The third-order valence-electron chi connectivity index (χ3n) is 5.76. The first kappa shape index (κ1) is 24.3. The van der Waals surface area contributed by atoms with Crippen molar-refractivity contribution in [1.82, 2.24) is 0 Å². The minimum absolute atomic E-state index is 0.0944. The average Bonchev–Trinajstić information content (AvgIpc) is 3.09. The highest BCUT2D eigenvalue weighted by Crippen LogP contribution is 2.43. The molecule has 3 aromatic carbocycles. The van der Waals surface area contributed by atoms with Crippen LogP contribution in [-0.2, 0) is 15.8 Å². The van der Waals surface area contributed by atoms with E-state index in [0.29, 0.717) is 10.6 Å². The molecule has 9 heteroatoms. The van der Waals surface area contributed by atoms with Gasteiger partial charge in [0.1, 0.15) is 5.76 Å². The lowest BCUT2D eigenvalue weighted by molar-refractivity contribution is -0.137. The molecule has 0 spiro atoms. The quantitative estimate of drug-likeness (QED) is 0.269. The van der Waals surface area contributed by atoms with Crippen molar-refractivity contribution in [2.24, 2.45) is 0 Å². The van der Waals surface area contributed by atoms with Gasteiger partial charge >= 0.3 is 6.18 Å². The summed E-state index contributed by atoms with van der Waals surface area (Å²) in [7, 11) is 3.70. The van der Waals surface area contributed by atoms with Gasteiger partial charge in [0.25, 0.3) is 11.7 Å². The van der Waals surface area contributed by atoms with Gasteiger partial charge in [0.05, 0.1) is 17.2 Å². The molecule has 0 bridgehead atoms. The van der Waals surface area contributed by atoms with Crippen LogP contribution in [0, 0.1) is 0 Å². The molecular formula is C26H20ClF3N2O3. The van der Waals surface area contributed by atoms with Crippen LogP contribution in [0.3, 0.4) is 0 Å². The summed E-state index contributed by atoms with van der Waals surface area (Å²) in [6, 6.07) is 16.0. The first-order chi connectivity index (χ1) is 16.5. The third-order valence-corrected chi connectivity index (χ3v) is 6.01. The van der Waals surface area contributed by atoms with Gasteiger partial charge in [0.15, 0.2) is 0 Å². The molecule has 1 N–H and O–H groups in total. The summed E-state index contributed by atoms with van der Waals surface area (Å²) in [6.45, 7) is 0. The SMILES string of the molecule is CN(C)c1ccc(C2/C(=C(\O)c3ccc(Cl)cc3)C(=O)C(=O)N2c2ccc(C(F)(F)F)cc2)cc1. The Kier molecular flexibility index (Phi) is 6.34. The van der Waals surface area contributed by atoms with Crippen LogP contribution in [0.2, 0.25) is 5.02 Å². The number of Topliss-reactive ketones (excluding diaryl/α,β-unsaturated/α-hetero) is 1. The molecule has 4 rings (SSSR count). The number of halogens is 4. The smallest absolute Gasteiger partial charge is 0.416 e. The minimum Gasteiger partial charge on any atom is -0.507 e. The largest absolute Gasteiger partial charge is 0.507 e. The molecule has 1 fully saturated rings. The first-order valence-electron chi connectivity index (χ1n) is 10.5. The minimum atomic E-state index is -4.55. The molecule has 5 nitrogen and oxygen atoms in total. The van der Waals surface area contributed by atoms with Crippen molar-refractivity contribution >= 4 is 40.4 Å². The second kappa shape index (κ2) is 9.11. The Morgan fingerprint density at radius 1 is 0.914 bits per heavy atom. The van der Waals surface area contributed by atoms with Crippen molar-refractivity contribution in [2.45, 2.75) is 12.2 Å². The summed E-state index contributed by atoms with van der Waals surface area (Å²) in [5.41, 5.74) is 0.676. The zero-order valence-electron chi connectivity index (χ0n) is 18.7. The maximum Gasteiger partial charge on any atom is 0.416 e. The number of aliphatic hydroxyl groups excluding tert-OH is 1. The summed E-state index contributed by atoms with van der Waals surface area (Å²) in [6.07, 6.45) is -4.55. The van der Waals surface area contributed by atoms with Crippen molar-refractivity contribution in [3.8, 4) is 0 Å². The van der Waals surface area contributed by atoms with Gasteiger partial charge in [0.2, 0.25) is 0 Å². The number of ketones is 1. The highest BCUT2D eigenvalue weighted by atomic mass is 35.5. The molecular weight excluding hydrogens is 481 g/mol. The molecule has 0 radical (unpaired) electrons. The van der Waals surface area contributed by atoms with E-state index in [4.69, 9.17) is 11.6 Å². The van der Waals surface area contributed by atoms with Gasteiger partial charge in [-0.1, -0.05) is 23.7 Å². The number of hydrogen-bond acceptors (Lipinski definition) is 4. The Bertz CT molecular complexity index is 1300. The zero-order chi connectivity index (χ0) is 25.5. The number of nitrogens with zero attached hydrogens (tertiary/aromatic N) is 2. The number of carbonyl (C=O) groups excluding carboxylic acids is 2. The van der Waals surface area contributed by atoms with E-state index in [1.54, 1.807) is 24.3 Å². The fourth-order valence-corrected chi connectivity index (χ4v) is 4.07. The number of anilines is 2. The monoisotopic (exact) mass is 500 g/mol. The summed E-state index contributed by atoms with van der Waals surface area (Å²) >= 11 is 5.93. The van der Waals surface area contributed by atoms with Crippen LogP contribution < -0.4 is 9.80 Å². The fraction of sp³-hybridized carbons (Fsp3) is 0.154. The summed E-state index contributed by atoms with van der Waals surface area (Å²) in [5, 5.41) is 11.5. The molecule has 0 saturated carbocycles. The van der Waals surface area contributed by atoms with Gasteiger partial charge in [-0.15, -0.1) is 0 Å². The molecule has 1 aliphatic rings. The summed E-state index contributed by atoms with van der Waals surface area (Å²) in [4.78, 5) is 29.2. The first-order valence-corrected chi connectivity index (χ1v) is 10.9. The van der Waals surface area contributed by atoms with Crippen LogP contribution in [0.5, 0.6) is 0 Å². The van der Waals surface area contributed by atoms with E-state index in [1.165, 1.54) is 24.3 Å². The van der Waals surface area contributed by atoms with Crippen molar-refractivity contribution < 1.29 is 27.9 Å². The standard InChI is InChI=1S/C26H20ClF3N2O3/c1-31(2)19-11-5-15(6-12-19)22-21(23(33)16-3-9-18(27)10-4-16)24(34)25(35)32(22)20-13-7-17(8-14-20)26(28,29)30/h3-14,22,33H,1-2H3/b23-21+. The topological polar surface area (TPSA) is 60.9 Å². The molecule has 1 unspecified atom stereocenters. The number of hydrogen-bond donors (Lipinski definition) is 1. The van der Waals surface area contributed by atoms with Crippen molar-refractivity contribution in [2.75, 3.05) is 23.9 Å². The Labute approximate surface area is 204 Å². The highest BCUT2D eigenvalue weighted by molar-refractivity contribution is 6.51. The predicted molar refractivity (Wildman–Crippen MR) is 128 cm³/mol. The van der Waals surface area contributed by atoms with Gasteiger partial charge in [-0.2, -0.15) is 13.2 Å². The maximum atomic E-state index is 13.1. The number of rotatable bonds is 4. The van der Waals surface area contributed by atoms with Crippen LogP contribution in [0.1, 0.15) is 22.7 Å². The van der Waals surface area contributed by atoms with Crippen LogP contribution in [0.15, 0.2) is 78.4 Å². The maximum absolute atomic E-state index is 13.1. The van der Waals surface area contributed by atoms with Gasteiger partial charge in [0, 0.05) is 36.1 Å². The lowest BCUT2D eigenvalue weighted by Gasteiger charge is -2.26. The predicted octanol–water partition coefficient (Wildman–Crippen LogP) is 6.05. The Hall–Kier alpha value is -3.78. The molecule has 1 amide bonds. The van der Waals surface area contributed by atoms with Gasteiger partial charge < -0.3 is 10.0 Å². The number of aliphatic hydroxyl groups is 1. The van der Waals surface area contributed by atoms with Crippen LogP contribution in [0.4, 0.5) is 24.5 Å². The average molecular weight is 501 g/mol. The summed E-state index contributed by atoms with van der Waals surface area (Å²) in [5.74, 6) is -2.31. The van der Waals surface area contributed by atoms with E-state index in [1.807, 2.05) is 19.0 Å². The number of alkyl halides is 3. The molecule has 3 aromatic rings. The molecule has 35 heavy (non-hydrogen) atoms. The van der Waals surface area contributed by atoms with Crippen LogP contribution in [-0.4, -0.2) is 30.9 Å². The normalized spacial score (nSPS) is 17.7. The number of benzene rings is 3. The van der Waals surface area contributed by atoms with Crippen molar-refractivity contribution in [3.63, 3.8) is 0 Å². The molecule has 1 atom stereocenters. The summed E-state index contributed by atoms with van der Waals surface area (Å²) < 4.78 is 39.2. The van der Waals surface area contributed by atoms with Crippen LogP contribution in [0.25, 0.3) is 5.76 Å². The fourth-order valence-electron chi connectivity index (χ4n) is 3.94. The molecule has 180 valence electrons. The lowest BCUT2D eigenvalue weighted by Crippen LogP contribution is -2.29. The van der Waals surface area contributed by atoms with E-state index in [0.717, 1.165) is 34.9 Å². The third kappa shape index (κ3) is 4.61. The Morgan fingerprint density at radius 3 is 2.00 bits per heavy atom. The van der Waals surface area contributed by atoms with E-state index < -0.39 is 35.2 Å². The van der Waals surface area contributed by atoms with Gasteiger partial charge in [-0.3, -0.25) is 14.5 Å². The Balaban J connectivity index is 1.89. The van der Waals surface area contributed by atoms with Crippen molar-refractivity contribution in [1.29, 1.82) is 0 Å². The second-order valence-corrected chi connectivity index (χ2v) is 8.64. The van der Waals surface area contributed by atoms with E-state index >= 15 is 0 Å². The molecule has 1 aliphatic heterocycles. The lowest BCUT2D eigenvalue weighted by atomic mass is 9.95.